The third kappa shape index (κ3) is 5.04. The number of piperidine rings is 1. The molecule has 1 N–H and O–H groups in total. The third-order valence-corrected chi connectivity index (χ3v) is 8.24. The number of morpholine rings is 1. The zero-order valence-corrected chi connectivity index (χ0v) is 16.6. The number of rotatable bonds is 7. The highest BCUT2D eigenvalue weighted by atomic mass is 32.2. The Labute approximate surface area is 159 Å². The van der Waals surface area contributed by atoms with Crippen molar-refractivity contribution in [1.29, 1.82) is 0 Å². The van der Waals surface area contributed by atoms with Gasteiger partial charge in [-0.2, -0.15) is 4.31 Å². The number of carbonyl (C=O) groups excluding carboxylic acids is 1. The van der Waals surface area contributed by atoms with Crippen molar-refractivity contribution in [2.24, 2.45) is 5.92 Å². The van der Waals surface area contributed by atoms with Gasteiger partial charge in [0.2, 0.25) is 5.91 Å². The Morgan fingerprint density at radius 3 is 2.62 bits per heavy atom. The molecule has 1 aromatic rings. The number of thiophene rings is 1. The van der Waals surface area contributed by atoms with E-state index in [9.17, 15) is 13.2 Å². The number of nitrogens with zero attached hydrogens (tertiary/aromatic N) is 2. The van der Waals surface area contributed by atoms with Crippen LogP contribution >= 0.6 is 11.3 Å². The number of hydrogen-bond acceptors (Lipinski definition) is 6. The first-order valence-electron chi connectivity index (χ1n) is 9.19. The molecule has 2 aliphatic heterocycles. The maximum absolute atomic E-state index is 12.5. The van der Waals surface area contributed by atoms with Crippen molar-refractivity contribution < 1.29 is 17.9 Å². The lowest BCUT2D eigenvalue weighted by molar-refractivity contribution is -0.126. The number of hydrogen-bond donors (Lipinski definition) is 1. The summed E-state index contributed by atoms with van der Waals surface area (Å²) in [4.78, 5) is 14.7. The smallest absolute Gasteiger partial charge is 0.252 e. The predicted octanol–water partition coefficient (Wildman–Crippen LogP) is 0.987. The van der Waals surface area contributed by atoms with E-state index in [-0.39, 0.29) is 11.8 Å². The van der Waals surface area contributed by atoms with Gasteiger partial charge in [0.15, 0.2) is 0 Å². The van der Waals surface area contributed by atoms with E-state index in [1.807, 2.05) is 0 Å². The van der Waals surface area contributed by atoms with Gasteiger partial charge in [-0.25, -0.2) is 8.42 Å². The fourth-order valence-corrected chi connectivity index (χ4v) is 5.99. The second kappa shape index (κ2) is 9.27. The maximum atomic E-state index is 12.5. The number of ether oxygens (including phenoxy) is 1. The molecule has 0 atom stereocenters. The summed E-state index contributed by atoms with van der Waals surface area (Å²) in [6.07, 6.45) is 2.09. The normalized spacial score (nSPS) is 20.9. The molecule has 7 nitrogen and oxygen atoms in total. The lowest BCUT2D eigenvalue weighted by Gasteiger charge is -2.30. The van der Waals surface area contributed by atoms with Crippen LogP contribution in [-0.2, 0) is 19.6 Å². The molecule has 2 saturated heterocycles. The monoisotopic (exact) mass is 401 g/mol. The molecule has 1 amide bonds. The van der Waals surface area contributed by atoms with Crippen molar-refractivity contribution in [3.63, 3.8) is 0 Å². The maximum Gasteiger partial charge on any atom is 0.252 e. The van der Waals surface area contributed by atoms with Crippen LogP contribution in [0.15, 0.2) is 21.7 Å². The molecule has 0 aliphatic carbocycles. The van der Waals surface area contributed by atoms with Crippen LogP contribution in [-0.4, -0.2) is 76.0 Å². The number of nitrogens with one attached hydrogen (secondary N) is 1. The van der Waals surface area contributed by atoms with E-state index in [4.69, 9.17) is 4.74 Å². The number of sulfonamides is 1. The summed E-state index contributed by atoms with van der Waals surface area (Å²) < 4.78 is 32.2. The second-order valence-electron chi connectivity index (χ2n) is 6.71. The van der Waals surface area contributed by atoms with Crippen LogP contribution in [0.25, 0.3) is 0 Å². The Hall–Kier alpha value is -1.00. The van der Waals surface area contributed by atoms with E-state index < -0.39 is 10.0 Å². The van der Waals surface area contributed by atoms with Gasteiger partial charge >= 0.3 is 0 Å². The first kappa shape index (κ1) is 19.8. The fraction of sp³-hybridized carbons (Fsp3) is 0.706. The van der Waals surface area contributed by atoms with E-state index in [1.165, 1.54) is 15.6 Å². The van der Waals surface area contributed by atoms with Crippen LogP contribution in [0.3, 0.4) is 0 Å². The van der Waals surface area contributed by atoms with E-state index >= 15 is 0 Å². The Morgan fingerprint density at radius 1 is 1.23 bits per heavy atom. The minimum Gasteiger partial charge on any atom is -0.379 e. The molecule has 0 bridgehead atoms. The summed E-state index contributed by atoms with van der Waals surface area (Å²) in [6.45, 7) is 5.97. The average Bonchev–Trinajstić information content (AvgIpc) is 3.22. The lowest BCUT2D eigenvalue weighted by Crippen LogP contribution is -2.43. The molecule has 1 aromatic heterocycles. The van der Waals surface area contributed by atoms with Gasteiger partial charge in [-0.05, 0) is 37.3 Å². The van der Waals surface area contributed by atoms with Crippen molar-refractivity contribution in [2.45, 2.75) is 23.5 Å². The Morgan fingerprint density at radius 2 is 1.96 bits per heavy atom. The molecule has 146 valence electrons. The molecular formula is C17H27N3O4S2. The van der Waals surface area contributed by atoms with Crippen molar-refractivity contribution in [3.8, 4) is 0 Å². The molecule has 0 aromatic carbocycles. The summed E-state index contributed by atoms with van der Waals surface area (Å²) >= 11 is 1.24. The van der Waals surface area contributed by atoms with Crippen LogP contribution in [0.4, 0.5) is 0 Å². The molecular weight excluding hydrogens is 374 g/mol. The second-order valence-corrected chi connectivity index (χ2v) is 9.82. The predicted molar refractivity (Wildman–Crippen MR) is 101 cm³/mol. The highest BCUT2D eigenvalue weighted by molar-refractivity contribution is 7.91. The molecule has 3 heterocycles. The van der Waals surface area contributed by atoms with Gasteiger partial charge in [0.1, 0.15) is 4.21 Å². The molecule has 9 heteroatoms. The summed E-state index contributed by atoms with van der Waals surface area (Å²) in [7, 11) is -3.40. The van der Waals surface area contributed by atoms with E-state index in [2.05, 4.69) is 10.2 Å². The summed E-state index contributed by atoms with van der Waals surface area (Å²) in [5, 5.41) is 4.78. The Balaban J connectivity index is 1.37. The molecule has 0 unspecified atom stereocenters. The zero-order valence-electron chi connectivity index (χ0n) is 14.9. The average molecular weight is 402 g/mol. The van der Waals surface area contributed by atoms with Crippen molar-refractivity contribution in [1.82, 2.24) is 14.5 Å². The minimum absolute atomic E-state index is 0.0557. The van der Waals surface area contributed by atoms with E-state index in [1.54, 1.807) is 17.5 Å². The third-order valence-electron chi connectivity index (χ3n) is 4.97. The molecule has 0 spiro atoms. The quantitative estimate of drug-likeness (QED) is 0.690. The highest BCUT2D eigenvalue weighted by Gasteiger charge is 2.32. The minimum atomic E-state index is -3.40. The van der Waals surface area contributed by atoms with Crippen molar-refractivity contribution >= 4 is 27.3 Å². The van der Waals surface area contributed by atoms with Crippen LogP contribution in [0.2, 0.25) is 0 Å². The SMILES string of the molecule is O=C(NCCCN1CCOCC1)C1CCN(S(=O)(=O)c2cccs2)CC1. The van der Waals surface area contributed by atoms with Gasteiger partial charge in [0.25, 0.3) is 10.0 Å². The van der Waals surface area contributed by atoms with Gasteiger partial charge in [0, 0.05) is 38.6 Å². The molecule has 2 aliphatic rings. The van der Waals surface area contributed by atoms with Crippen LogP contribution in [0.1, 0.15) is 19.3 Å². The molecule has 26 heavy (non-hydrogen) atoms. The van der Waals surface area contributed by atoms with Gasteiger partial charge in [0.05, 0.1) is 13.2 Å². The summed E-state index contributed by atoms with van der Waals surface area (Å²) in [5.41, 5.74) is 0. The molecule has 0 saturated carbocycles. The van der Waals surface area contributed by atoms with Crippen LogP contribution in [0, 0.1) is 5.92 Å². The highest BCUT2D eigenvalue weighted by Crippen LogP contribution is 2.26. The Kier molecular flexibility index (Phi) is 7.05. The summed E-state index contributed by atoms with van der Waals surface area (Å²) in [6, 6.07) is 3.38. The number of amides is 1. The van der Waals surface area contributed by atoms with Crippen molar-refractivity contribution in [3.05, 3.63) is 17.5 Å². The largest absolute Gasteiger partial charge is 0.379 e. The van der Waals surface area contributed by atoms with E-state index in [0.29, 0.717) is 36.7 Å². The van der Waals surface area contributed by atoms with Gasteiger partial charge < -0.3 is 10.1 Å². The standard InChI is InChI=1S/C17H27N3O4S2/c21-17(18-6-2-7-19-10-12-24-13-11-19)15-4-8-20(9-5-15)26(22,23)16-3-1-14-25-16/h1,3,14-15H,2,4-13H2,(H,18,21). The van der Waals surface area contributed by atoms with Crippen LogP contribution in [0.5, 0.6) is 0 Å². The van der Waals surface area contributed by atoms with Gasteiger partial charge in [-0.3, -0.25) is 9.69 Å². The first-order chi connectivity index (χ1) is 12.6. The van der Waals surface area contributed by atoms with E-state index in [0.717, 1.165) is 39.3 Å². The fourth-order valence-electron chi connectivity index (χ4n) is 3.38. The first-order valence-corrected chi connectivity index (χ1v) is 11.5. The molecule has 0 radical (unpaired) electrons. The summed E-state index contributed by atoms with van der Waals surface area (Å²) in [5.74, 6) is -0.0340. The zero-order chi connectivity index (χ0) is 18.4. The van der Waals surface area contributed by atoms with Gasteiger partial charge in [-0.1, -0.05) is 6.07 Å². The van der Waals surface area contributed by atoms with Crippen LogP contribution < -0.4 is 5.32 Å². The number of carbonyl (C=O) groups is 1. The van der Waals surface area contributed by atoms with Crippen molar-refractivity contribution in [2.75, 3.05) is 52.5 Å². The lowest BCUT2D eigenvalue weighted by atomic mass is 9.97. The molecule has 2 fully saturated rings. The molecule has 3 rings (SSSR count). The van der Waals surface area contributed by atoms with Gasteiger partial charge in [-0.15, -0.1) is 11.3 Å². The Bertz CT molecular complexity index is 664. The topological polar surface area (TPSA) is 79.0 Å².